The molecular weight excluding hydrogens is 448 g/mol. The Kier molecular flexibility index (Phi) is 12.4. The van der Waals surface area contributed by atoms with Crippen LogP contribution >= 0.6 is 11.8 Å². The summed E-state index contributed by atoms with van der Waals surface area (Å²) in [6.07, 6.45) is 10.2. The van der Waals surface area contributed by atoms with Crippen molar-refractivity contribution in [3.05, 3.63) is 33.8 Å². The zero-order valence-corrected chi connectivity index (χ0v) is 22.0. The average molecular weight is 491 g/mol. The summed E-state index contributed by atoms with van der Waals surface area (Å²) in [5.41, 5.74) is 14.9. The molecule has 2 atom stereocenters. The SMILES string of the molecule is C=N/C(NC)=C(/C)C(=NCN)N1CCOC2CC=C(CC=N/C(SC)=C(\CC)NCN)CC2C1. The Balaban J connectivity index is 2.14. The number of rotatable bonds is 11. The number of aliphatic imine (C=N–C) groups is 3. The van der Waals surface area contributed by atoms with Gasteiger partial charge in [-0.1, -0.05) is 18.6 Å². The second-order valence-electron chi connectivity index (χ2n) is 8.20. The second kappa shape index (κ2) is 15.0. The lowest BCUT2D eigenvalue weighted by Gasteiger charge is -2.32. The van der Waals surface area contributed by atoms with Crippen LogP contribution in [0.5, 0.6) is 0 Å². The van der Waals surface area contributed by atoms with Crippen LogP contribution in [0.2, 0.25) is 0 Å². The minimum Gasteiger partial charge on any atom is -0.376 e. The third kappa shape index (κ3) is 7.69. The molecule has 0 spiro atoms. The molecular formula is C24H42N8OS. The van der Waals surface area contributed by atoms with Crippen LogP contribution in [-0.2, 0) is 4.74 Å². The Morgan fingerprint density at radius 3 is 2.82 bits per heavy atom. The summed E-state index contributed by atoms with van der Waals surface area (Å²) in [5, 5.41) is 7.30. The topological polar surface area (TPSA) is 126 Å². The Bertz CT molecular complexity index is 833. The first-order valence-corrected chi connectivity index (χ1v) is 13.1. The molecule has 0 amide bonds. The molecule has 2 aliphatic rings. The van der Waals surface area contributed by atoms with Crippen LogP contribution in [-0.4, -0.2) is 76.1 Å². The Morgan fingerprint density at radius 1 is 1.41 bits per heavy atom. The van der Waals surface area contributed by atoms with Gasteiger partial charge in [-0.3, -0.25) is 9.98 Å². The van der Waals surface area contributed by atoms with Gasteiger partial charge in [-0.25, -0.2) is 4.99 Å². The van der Waals surface area contributed by atoms with Gasteiger partial charge in [-0.05, 0) is 39.2 Å². The van der Waals surface area contributed by atoms with E-state index in [4.69, 9.17) is 21.2 Å². The molecule has 0 radical (unpaired) electrons. The van der Waals surface area contributed by atoms with E-state index >= 15 is 0 Å². The van der Waals surface area contributed by atoms with Crippen LogP contribution in [0.3, 0.4) is 0 Å². The quantitative estimate of drug-likeness (QED) is 0.152. The molecule has 1 heterocycles. The summed E-state index contributed by atoms with van der Waals surface area (Å²) in [5.74, 6) is 1.94. The van der Waals surface area contributed by atoms with Gasteiger partial charge in [0.1, 0.15) is 16.7 Å². The van der Waals surface area contributed by atoms with Crippen molar-refractivity contribution in [3.63, 3.8) is 0 Å². The lowest BCUT2D eigenvalue weighted by Crippen LogP contribution is -2.39. The molecule has 0 aromatic rings. The first-order chi connectivity index (χ1) is 16.5. The molecule has 0 bridgehead atoms. The molecule has 10 heteroatoms. The lowest BCUT2D eigenvalue weighted by atomic mass is 9.85. The van der Waals surface area contributed by atoms with Crippen LogP contribution < -0.4 is 22.1 Å². The number of ether oxygens (including phenoxy) is 1. The monoisotopic (exact) mass is 490 g/mol. The highest BCUT2D eigenvalue weighted by Crippen LogP contribution is 2.31. The molecule has 1 saturated heterocycles. The van der Waals surface area contributed by atoms with Crippen molar-refractivity contribution in [2.75, 3.05) is 46.3 Å². The smallest absolute Gasteiger partial charge is 0.131 e. The minimum atomic E-state index is 0.220. The van der Waals surface area contributed by atoms with E-state index in [0.29, 0.717) is 25.0 Å². The first kappa shape index (κ1) is 28.1. The molecule has 1 fully saturated rings. The van der Waals surface area contributed by atoms with Crippen molar-refractivity contribution >= 4 is 30.5 Å². The number of allylic oxidation sites excluding steroid dienone is 2. The van der Waals surface area contributed by atoms with E-state index in [-0.39, 0.29) is 12.8 Å². The fourth-order valence-corrected chi connectivity index (χ4v) is 5.11. The summed E-state index contributed by atoms with van der Waals surface area (Å²) in [6.45, 7) is 10.7. The van der Waals surface area contributed by atoms with Crippen LogP contribution in [0.4, 0.5) is 0 Å². The summed E-state index contributed by atoms with van der Waals surface area (Å²) in [6, 6.07) is 0. The maximum Gasteiger partial charge on any atom is 0.131 e. The number of hydrogen-bond acceptors (Lipinski definition) is 9. The highest BCUT2D eigenvalue weighted by Gasteiger charge is 2.32. The molecule has 0 aromatic carbocycles. The zero-order chi connectivity index (χ0) is 24.9. The lowest BCUT2D eigenvalue weighted by molar-refractivity contribution is 0.0300. The molecule has 9 nitrogen and oxygen atoms in total. The van der Waals surface area contributed by atoms with Gasteiger partial charge < -0.3 is 31.7 Å². The predicted molar refractivity (Wildman–Crippen MR) is 146 cm³/mol. The molecule has 2 unspecified atom stereocenters. The van der Waals surface area contributed by atoms with Crippen molar-refractivity contribution < 1.29 is 4.74 Å². The van der Waals surface area contributed by atoms with Gasteiger partial charge in [0.15, 0.2) is 0 Å². The van der Waals surface area contributed by atoms with Crippen molar-refractivity contribution in [2.45, 2.75) is 45.6 Å². The number of nitrogens with zero attached hydrogens (tertiary/aromatic N) is 4. The van der Waals surface area contributed by atoms with Gasteiger partial charge in [-0.2, -0.15) is 0 Å². The van der Waals surface area contributed by atoms with Gasteiger partial charge in [0.2, 0.25) is 0 Å². The Labute approximate surface area is 209 Å². The van der Waals surface area contributed by atoms with Gasteiger partial charge in [0.05, 0.1) is 26.0 Å². The zero-order valence-electron chi connectivity index (χ0n) is 21.1. The third-order valence-corrected chi connectivity index (χ3v) is 6.88. The number of amidine groups is 1. The molecule has 1 aliphatic heterocycles. The summed E-state index contributed by atoms with van der Waals surface area (Å²) in [7, 11) is 1.84. The predicted octanol–water partition coefficient (Wildman–Crippen LogP) is 2.40. The average Bonchev–Trinajstić information content (AvgIpc) is 3.06. The summed E-state index contributed by atoms with van der Waals surface area (Å²) in [4.78, 5) is 15.7. The minimum absolute atomic E-state index is 0.220. The summed E-state index contributed by atoms with van der Waals surface area (Å²) >= 11 is 1.64. The van der Waals surface area contributed by atoms with Crippen molar-refractivity contribution in [1.82, 2.24) is 15.5 Å². The number of thioether (sulfide) groups is 1. The molecule has 6 N–H and O–H groups in total. The highest BCUT2D eigenvalue weighted by atomic mass is 32.2. The first-order valence-electron chi connectivity index (χ1n) is 11.9. The molecule has 0 aromatic heterocycles. The van der Waals surface area contributed by atoms with E-state index in [2.05, 4.69) is 45.2 Å². The maximum atomic E-state index is 6.24. The van der Waals surface area contributed by atoms with Crippen LogP contribution in [0, 0.1) is 5.92 Å². The van der Waals surface area contributed by atoms with Crippen LogP contribution in [0.15, 0.2) is 48.7 Å². The molecule has 190 valence electrons. The van der Waals surface area contributed by atoms with E-state index in [9.17, 15) is 0 Å². The van der Waals surface area contributed by atoms with Crippen molar-refractivity contribution in [3.8, 4) is 0 Å². The summed E-state index contributed by atoms with van der Waals surface area (Å²) < 4.78 is 6.24. The van der Waals surface area contributed by atoms with E-state index < -0.39 is 0 Å². The van der Waals surface area contributed by atoms with Gasteiger partial charge in [0.25, 0.3) is 0 Å². The number of hydrogen-bond donors (Lipinski definition) is 4. The van der Waals surface area contributed by atoms with E-state index in [1.54, 1.807) is 11.8 Å². The Morgan fingerprint density at radius 2 is 2.21 bits per heavy atom. The third-order valence-electron chi connectivity index (χ3n) is 6.15. The van der Waals surface area contributed by atoms with Crippen LogP contribution in [0.1, 0.15) is 39.5 Å². The van der Waals surface area contributed by atoms with Crippen molar-refractivity contribution in [2.24, 2.45) is 32.4 Å². The van der Waals surface area contributed by atoms with Crippen molar-refractivity contribution in [1.29, 1.82) is 0 Å². The number of nitrogens with one attached hydrogen (secondary N) is 2. The molecule has 34 heavy (non-hydrogen) atoms. The number of nitrogens with two attached hydrogens (primary N) is 2. The number of fused-ring (bicyclic) bond motifs is 1. The fourth-order valence-electron chi connectivity index (χ4n) is 4.47. The van der Waals surface area contributed by atoms with E-state index in [1.165, 1.54) is 5.57 Å². The molecule has 0 saturated carbocycles. The normalized spacial score (nSPS) is 22.9. The standard InChI is InChI=1S/C24H42N8OS/c1-6-20(30-15-25)24(34-5)29-10-9-18-7-8-21-19(13-18)14-32(11-12-33-21)23(31-16-26)17(2)22(27-3)28-4/h7,10,19,21,28,30H,3,6,8-9,11-16,25-26H2,1-2,4-5H3/b22-17+,24-20-,29-10?,31-23?. The highest BCUT2D eigenvalue weighted by molar-refractivity contribution is 8.02. The maximum absolute atomic E-state index is 6.24. The van der Waals surface area contributed by atoms with Gasteiger partial charge in [-0.15, -0.1) is 11.8 Å². The van der Waals surface area contributed by atoms with Gasteiger partial charge >= 0.3 is 0 Å². The van der Waals surface area contributed by atoms with E-state index in [1.807, 2.05) is 26.4 Å². The fraction of sp³-hybridized carbons (Fsp3) is 0.625. The second-order valence-corrected chi connectivity index (χ2v) is 9.00. The van der Waals surface area contributed by atoms with E-state index in [0.717, 1.165) is 60.9 Å². The largest absolute Gasteiger partial charge is 0.376 e. The molecule has 2 rings (SSSR count). The molecule has 1 aliphatic carbocycles. The van der Waals surface area contributed by atoms with Crippen LogP contribution in [0.25, 0.3) is 0 Å². The Hall–Kier alpha value is -2.14. The van der Waals surface area contributed by atoms with Gasteiger partial charge in [0, 0.05) is 50.0 Å².